The first-order chi connectivity index (χ1) is 10.2. The van der Waals surface area contributed by atoms with Gasteiger partial charge in [-0.15, -0.1) is 35.3 Å². The fourth-order valence-electron chi connectivity index (χ4n) is 2.46. The van der Waals surface area contributed by atoms with Gasteiger partial charge in [-0.05, 0) is 43.7 Å². The second-order valence-corrected chi connectivity index (χ2v) is 6.48. The number of nitrogens with zero attached hydrogens (tertiary/aromatic N) is 2. The molecule has 0 atom stereocenters. The van der Waals surface area contributed by atoms with Crippen LogP contribution < -0.4 is 11.1 Å². The van der Waals surface area contributed by atoms with Gasteiger partial charge in [0.15, 0.2) is 5.96 Å². The minimum Gasteiger partial charge on any atom is -0.393 e. The lowest BCUT2D eigenvalue weighted by molar-refractivity contribution is 0.0824. The van der Waals surface area contributed by atoms with Gasteiger partial charge in [-0.1, -0.05) is 6.07 Å². The smallest absolute Gasteiger partial charge is 0.188 e. The van der Waals surface area contributed by atoms with Crippen LogP contribution in [0.15, 0.2) is 22.5 Å². The lowest BCUT2D eigenvalue weighted by Crippen LogP contribution is -2.37. The Bertz CT molecular complexity index is 419. The van der Waals surface area contributed by atoms with Crippen molar-refractivity contribution in [3.8, 4) is 0 Å². The summed E-state index contributed by atoms with van der Waals surface area (Å²) in [6, 6.07) is 4.20. The summed E-state index contributed by atoms with van der Waals surface area (Å²) in [6.07, 6.45) is 3.71. The number of piperidine rings is 1. The van der Waals surface area contributed by atoms with E-state index >= 15 is 0 Å². The van der Waals surface area contributed by atoms with Crippen LogP contribution in [-0.4, -0.2) is 54.8 Å². The number of hydrogen-bond donors (Lipinski definition) is 3. The van der Waals surface area contributed by atoms with E-state index in [1.807, 2.05) is 0 Å². The summed E-state index contributed by atoms with van der Waals surface area (Å²) in [5, 5.41) is 14.7. The van der Waals surface area contributed by atoms with Crippen LogP contribution >= 0.6 is 35.3 Å². The largest absolute Gasteiger partial charge is 0.393 e. The van der Waals surface area contributed by atoms with Crippen LogP contribution in [0.5, 0.6) is 0 Å². The summed E-state index contributed by atoms with van der Waals surface area (Å²) in [4.78, 5) is 8.11. The zero-order valence-corrected chi connectivity index (χ0v) is 16.1. The molecule has 4 N–H and O–H groups in total. The van der Waals surface area contributed by atoms with Gasteiger partial charge in [-0.3, -0.25) is 4.99 Å². The fraction of sp³-hybridized carbons (Fsp3) is 0.667. The number of halogens is 1. The molecule has 0 unspecified atom stereocenters. The van der Waals surface area contributed by atoms with E-state index in [-0.39, 0.29) is 30.1 Å². The standard InChI is InChI=1S/C15H26N4OS.HI/c16-15(18-8-4-14-3-1-12-21-14)17-7-2-9-19-10-5-13(20)6-11-19;/h1,3,12-13,20H,2,4-11H2,(H3,16,17,18);1H. The van der Waals surface area contributed by atoms with Crippen molar-refractivity contribution in [2.45, 2.75) is 31.8 Å². The van der Waals surface area contributed by atoms with Crippen LogP contribution in [0.25, 0.3) is 0 Å². The number of likely N-dealkylation sites (tertiary alicyclic amines) is 1. The molecule has 0 radical (unpaired) electrons. The summed E-state index contributed by atoms with van der Waals surface area (Å²) in [5.74, 6) is 0.542. The topological polar surface area (TPSA) is 73.9 Å². The Hall–Kier alpha value is -0.380. The van der Waals surface area contributed by atoms with Gasteiger partial charge in [0.05, 0.1) is 6.10 Å². The highest BCUT2D eigenvalue weighted by Crippen LogP contribution is 2.10. The first-order valence-electron chi connectivity index (χ1n) is 7.70. The van der Waals surface area contributed by atoms with E-state index in [0.29, 0.717) is 5.96 Å². The fourth-order valence-corrected chi connectivity index (χ4v) is 3.17. The van der Waals surface area contributed by atoms with Gasteiger partial charge < -0.3 is 21.1 Å². The molecule has 2 rings (SSSR count). The summed E-state index contributed by atoms with van der Waals surface area (Å²) in [6.45, 7) is 4.63. The monoisotopic (exact) mass is 438 g/mol. The van der Waals surface area contributed by atoms with Crippen molar-refractivity contribution in [2.75, 3.05) is 32.7 Å². The summed E-state index contributed by atoms with van der Waals surface area (Å²) in [5.41, 5.74) is 5.85. The molecule has 0 bridgehead atoms. The van der Waals surface area contributed by atoms with Gasteiger partial charge in [0, 0.05) is 31.1 Å². The van der Waals surface area contributed by atoms with Crippen LogP contribution in [0.4, 0.5) is 0 Å². The Labute approximate surface area is 154 Å². The molecule has 0 aromatic carbocycles. The van der Waals surface area contributed by atoms with Gasteiger partial charge >= 0.3 is 0 Å². The molecule has 2 heterocycles. The second-order valence-electron chi connectivity index (χ2n) is 5.45. The molecule has 1 aliphatic rings. The molecule has 1 aliphatic heterocycles. The zero-order valence-electron chi connectivity index (χ0n) is 12.9. The molecular formula is C15H27IN4OS. The van der Waals surface area contributed by atoms with Gasteiger partial charge in [-0.2, -0.15) is 0 Å². The molecule has 0 amide bonds. The van der Waals surface area contributed by atoms with Crippen LogP contribution in [0.2, 0.25) is 0 Å². The average Bonchev–Trinajstić information content (AvgIpc) is 2.99. The van der Waals surface area contributed by atoms with Gasteiger partial charge in [-0.25, -0.2) is 0 Å². The predicted molar refractivity (Wildman–Crippen MR) is 104 cm³/mol. The number of aliphatic hydroxyl groups is 1. The molecule has 0 aliphatic carbocycles. The van der Waals surface area contributed by atoms with E-state index in [1.54, 1.807) is 11.3 Å². The Balaban J connectivity index is 0.00000242. The molecular weight excluding hydrogens is 411 g/mol. The third-order valence-corrected chi connectivity index (χ3v) is 4.67. The third-order valence-electron chi connectivity index (χ3n) is 3.73. The molecule has 1 aromatic rings. The predicted octanol–water partition coefficient (Wildman–Crippen LogP) is 1.66. The number of rotatable bonds is 7. The first kappa shape index (κ1) is 19.7. The van der Waals surface area contributed by atoms with Crippen LogP contribution in [0.3, 0.4) is 0 Å². The second kappa shape index (κ2) is 11.2. The Morgan fingerprint density at radius 1 is 1.45 bits per heavy atom. The number of aliphatic imine (C=N–C) groups is 1. The highest BCUT2D eigenvalue weighted by atomic mass is 127. The van der Waals surface area contributed by atoms with Crippen molar-refractivity contribution < 1.29 is 5.11 Å². The maximum Gasteiger partial charge on any atom is 0.188 e. The quantitative estimate of drug-likeness (QED) is 0.262. The van der Waals surface area contributed by atoms with Crippen molar-refractivity contribution in [2.24, 2.45) is 10.7 Å². The van der Waals surface area contributed by atoms with E-state index < -0.39 is 0 Å². The molecule has 1 aromatic heterocycles. The zero-order chi connectivity index (χ0) is 14.9. The summed E-state index contributed by atoms with van der Waals surface area (Å²) >= 11 is 1.77. The number of guanidine groups is 1. The van der Waals surface area contributed by atoms with Gasteiger partial charge in [0.1, 0.15) is 0 Å². The average molecular weight is 438 g/mol. The molecule has 1 saturated heterocycles. The van der Waals surface area contributed by atoms with Crippen molar-refractivity contribution >= 4 is 41.3 Å². The van der Waals surface area contributed by atoms with Gasteiger partial charge in [0.2, 0.25) is 0 Å². The number of nitrogens with two attached hydrogens (primary N) is 1. The number of thiophene rings is 1. The molecule has 0 spiro atoms. The Kier molecular flexibility index (Phi) is 10.0. The molecule has 1 fully saturated rings. The molecule has 22 heavy (non-hydrogen) atoms. The minimum atomic E-state index is -0.0949. The van der Waals surface area contributed by atoms with Crippen molar-refractivity contribution in [3.05, 3.63) is 22.4 Å². The Morgan fingerprint density at radius 3 is 2.91 bits per heavy atom. The lowest BCUT2D eigenvalue weighted by Gasteiger charge is -2.29. The van der Waals surface area contributed by atoms with E-state index in [0.717, 1.165) is 58.4 Å². The minimum absolute atomic E-state index is 0. The van der Waals surface area contributed by atoms with Crippen molar-refractivity contribution in [1.82, 2.24) is 10.2 Å². The van der Waals surface area contributed by atoms with Crippen LogP contribution in [0, 0.1) is 0 Å². The highest BCUT2D eigenvalue weighted by molar-refractivity contribution is 14.0. The number of hydrogen-bond acceptors (Lipinski definition) is 4. The SMILES string of the molecule is I.NC(=NCCCN1CCC(O)CC1)NCCc1cccs1. The normalized spacial score (nSPS) is 17.2. The number of aliphatic hydroxyl groups excluding tert-OH is 1. The van der Waals surface area contributed by atoms with E-state index in [9.17, 15) is 5.11 Å². The van der Waals surface area contributed by atoms with E-state index in [1.165, 1.54) is 4.88 Å². The van der Waals surface area contributed by atoms with Crippen LogP contribution in [-0.2, 0) is 6.42 Å². The van der Waals surface area contributed by atoms with Crippen LogP contribution in [0.1, 0.15) is 24.1 Å². The van der Waals surface area contributed by atoms with E-state index in [2.05, 4.69) is 32.7 Å². The first-order valence-corrected chi connectivity index (χ1v) is 8.58. The molecule has 7 heteroatoms. The highest BCUT2D eigenvalue weighted by Gasteiger charge is 2.15. The summed E-state index contributed by atoms with van der Waals surface area (Å²) < 4.78 is 0. The van der Waals surface area contributed by atoms with Gasteiger partial charge in [0.25, 0.3) is 0 Å². The Morgan fingerprint density at radius 2 is 2.23 bits per heavy atom. The molecule has 5 nitrogen and oxygen atoms in total. The maximum atomic E-state index is 9.45. The summed E-state index contributed by atoms with van der Waals surface area (Å²) in [7, 11) is 0. The lowest BCUT2D eigenvalue weighted by atomic mass is 10.1. The molecule has 126 valence electrons. The molecule has 0 saturated carbocycles. The maximum absolute atomic E-state index is 9.45. The van der Waals surface area contributed by atoms with E-state index in [4.69, 9.17) is 5.73 Å². The number of nitrogens with one attached hydrogen (secondary N) is 1. The van der Waals surface area contributed by atoms with Crippen molar-refractivity contribution in [1.29, 1.82) is 0 Å². The third kappa shape index (κ3) is 7.75. The van der Waals surface area contributed by atoms with Crippen molar-refractivity contribution in [3.63, 3.8) is 0 Å².